The van der Waals surface area contributed by atoms with Gasteiger partial charge in [0, 0.05) is 119 Å². The number of nitrogens with one attached hydrogen (secondary N) is 4. The van der Waals surface area contributed by atoms with Crippen molar-refractivity contribution in [3.63, 3.8) is 0 Å². The SMILES string of the molecule is C.CCCOc1c2cccc1Cc1cc(NC(=O)[C@H]3O[C@@H](n4cc(C)c(=O)[nH]c4=O)C[C@@H]3O)cc(c1OCCC)Cc1cccc(c1OCCC)Cc1cc(NC(=O)C[C@H]3C[C@H](n4cc(C)c(=O)[nH]c4=O)O[C@@H]3CO)cc(c1OCCC)C2.[3H][3H].[3H][3H].[3H][3H].[3H][3H].[3H][3H].[3H][3H]. The fraction of sp³-hybridized carbons (Fsp3) is 0.460. The Morgan fingerprint density at radius 3 is 1.40 bits per heavy atom. The van der Waals surface area contributed by atoms with Crippen LogP contribution in [0.2, 0.25) is 0 Å². The Kier molecular flexibility index (Phi) is 17.7. The minimum Gasteiger partial charge on any atom is -0.493 e. The van der Waals surface area contributed by atoms with Gasteiger partial charge < -0.3 is 49.3 Å². The highest BCUT2D eigenvalue weighted by atomic mass is 16.5. The molecule has 2 amide bonds. The Morgan fingerprint density at radius 2 is 1.00 bits per heavy atom. The van der Waals surface area contributed by atoms with Crippen molar-refractivity contribution in [2.45, 2.75) is 150 Å². The number of aromatic nitrogens is 4. The van der Waals surface area contributed by atoms with Gasteiger partial charge in [0.2, 0.25) is 5.91 Å². The van der Waals surface area contributed by atoms with Crippen molar-refractivity contribution in [3.8, 4) is 23.0 Å². The molecular formula is C63H90N6O14. The average molecular weight is 1180 g/mol. The van der Waals surface area contributed by atoms with Crippen LogP contribution in [0.3, 0.4) is 0 Å². The van der Waals surface area contributed by atoms with E-state index in [-0.39, 0.29) is 44.8 Å². The Balaban J connectivity index is 0.00000224. The van der Waals surface area contributed by atoms with Crippen LogP contribution in [0.5, 0.6) is 23.0 Å². The van der Waals surface area contributed by atoms with Gasteiger partial charge >= 0.3 is 11.4 Å². The zero-order valence-electron chi connectivity index (χ0n) is 59.4. The Bertz CT molecular complexity index is 3490. The third-order valence-electron chi connectivity index (χ3n) is 15.0. The first-order chi connectivity index (χ1) is 45.6. The molecule has 4 heterocycles. The fourth-order valence-corrected chi connectivity index (χ4v) is 11.1. The summed E-state index contributed by atoms with van der Waals surface area (Å²) in [6.07, 6.45) is 1.90. The number of fused-ring (bicyclic) bond motifs is 8. The molecule has 0 spiro atoms. The van der Waals surface area contributed by atoms with E-state index in [0.29, 0.717) is 92.0 Å². The highest BCUT2D eigenvalue weighted by molar-refractivity contribution is 5.95. The Labute approximate surface area is 500 Å². The van der Waals surface area contributed by atoms with Crippen molar-refractivity contribution < 1.29 is 66.0 Å². The largest absolute Gasteiger partial charge is 0.493 e. The molecule has 3 aliphatic rings. The molecule has 83 heavy (non-hydrogen) atoms. The van der Waals surface area contributed by atoms with Crippen LogP contribution in [-0.2, 0) is 44.7 Å². The van der Waals surface area contributed by atoms with E-state index in [1.165, 1.54) is 21.5 Å². The number of carbonyl (C=O) groups excluding carboxylic acids is 2. The van der Waals surface area contributed by atoms with Gasteiger partial charge in [0.25, 0.3) is 17.0 Å². The van der Waals surface area contributed by atoms with Crippen molar-refractivity contribution in [2.24, 2.45) is 5.92 Å². The summed E-state index contributed by atoms with van der Waals surface area (Å²) in [5.74, 6) is 1.22. The third kappa shape index (κ3) is 14.0. The normalized spacial score (nSPS) is 19.7. The molecule has 0 unspecified atom stereocenters. The molecule has 20 nitrogen and oxygen atoms in total. The molecule has 1 aliphatic carbocycles. The second-order valence-electron chi connectivity index (χ2n) is 21.5. The van der Waals surface area contributed by atoms with Gasteiger partial charge in [-0.05, 0) is 92.5 Å². The molecular weight excluding hydrogens is 1060 g/mol. The van der Waals surface area contributed by atoms with Crippen LogP contribution < -0.4 is 52.1 Å². The molecule has 8 bridgehead atoms. The minimum atomic E-state index is -1.35. The molecule has 6 atom stereocenters. The number of amides is 2. The molecule has 20 heteroatoms. The lowest BCUT2D eigenvalue weighted by atomic mass is 9.90. The van der Waals surface area contributed by atoms with Crippen LogP contribution in [0, 0.1) is 19.8 Å². The number of rotatable bonds is 20. The summed E-state index contributed by atoms with van der Waals surface area (Å²) in [7, 11) is 0. The van der Waals surface area contributed by atoms with Crippen LogP contribution in [0.15, 0.2) is 92.2 Å². The molecule has 6 N–H and O–H groups in total. The van der Waals surface area contributed by atoms with Crippen molar-refractivity contribution in [3.05, 3.63) is 170 Å². The van der Waals surface area contributed by atoms with Gasteiger partial charge in [-0.2, -0.15) is 0 Å². The van der Waals surface area contributed by atoms with E-state index in [4.69, 9.17) is 46.2 Å². The molecule has 0 saturated carbocycles. The molecule has 9 rings (SSSR count). The minimum absolute atomic E-state index is 0. The van der Waals surface area contributed by atoms with Crippen molar-refractivity contribution in [1.82, 2.24) is 19.1 Å². The standard InChI is InChI=1S/C62H74N6O14.CH4.6H2/c1-7-17-77-53-37-13-11-15-39(53)23-44-27-47(64-60(74)57-48(70)31-52(82-57)68-33-36(6)59(73)66-62(68)76)28-45(56(44)80-20-10-4)24-40-16-12-14-38(54(40)78-18-8-2)22-43-26-46(25-42(21-37)55(43)79-19-9-3)63-50(71)29-41-30-51(81-49(41)34-69)67-32-35(5)58(72)65-61(67)75;;;;;;;/h11-16,25-28,32-33,41,48-49,51-52,57,69-70H,7-10,17-24,29-31,34H2,1-6H3,(H,63,71)(H,64,74)(H,65,72,75)(H,66,73,76);1H4;6*1H/t41-,48-,49+,51+,52+,57-;;;;;;;/m0......./s1/i;;6*1+2T. The number of hydrogen-bond acceptors (Lipinski definition) is 14. The predicted octanol–water partition coefficient (Wildman–Crippen LogP) is 9.16. The maximum atomic E-state index is 14.3. The highest BCUT2D eigenvalue weighted by Gasteiger charge is 2.41. The topological polar surface area (TPSA) is 264 Å². The molecule has 2 fully saturated rings. The summed E-state index contributed by atoms with van der Waals surface area (Å²) in [5.41, 5.74) is 5.64. The first-order valence-electron chi connectivity index (χ1n) is 34.5. The Hall–Kier alpha value is -7.78. The number of nitrogens with zero attached hydrogens (tertiary/aromatic N) is 2. The van der Waals surface area contributed by atoms with E-state index < -0.39 is 65.1 Å². The summed E-state index contributed by atoms with van der Waals surface area (Å²) >= 11 is 0. The van der Waals surface area contributed by atoms with E-state index in [1.807, 2.05) is 88.4 Å². The smallest absolute Gasteiger partial charge is 0.330 e. The maximum Gasteiger partial charge on any atom is 0.330 e. The van der Waals surface area contributed by atoms with Gasteiger partial charge in [-0.1, -0.05) is 71.5 Å². The molecule has 2 aromatic heterocycles. The molecule has 6 aromatic rings. The van der Waals surface area contributed by atoms with Crippen LogP contribution >= 0.6 is 0 Å². The van der Waals surface area contributed by atoms with Gasteiger partial charge in [-0.3, -0.25) is 38.3 Å². The molecule has 456 valence electrons. The summed E-state index contributed by atoms with van der Waals surface area (Å²) in [6, 6.07) is 19.6. The molecule has 2 saturated heterocycles. The summed E-state index contributed by atoms with van der Waals surface area (Å²) in [4.78, 5) is 83.2. The number of ether oxygens (including phenoxy) is 6. The third-order valence-corrected chi connectivity index (χ3v) is 15.0. The van der Waals surface area contributed by atoms with Crippen LogP contribution in [0.25, 0.3) is 0 Å². The quantitative estimate of drug-likeness (QED) is 0.0416. The van der Waals surface area contributed by atoms with E-state index in [1.54, 1.807) is 13.8 Å². The number of benzene rings is 4. The van der Waals surface area contributed by atoms with Crippen molar-refractivity contribution in [2.75, 3.05) is 43.7 Å². The van der Waals surface area contributed by atoms with Crippen LogP contribution in [0.1, 0.15) is 166 Å². The monoisotopic (exact) mass is 1180 g/mol. The fourth-order valence-electron chi connectivity index (χ4n) is 11.1. The number of hydrogen-bond donors (Lipinski definition) is 6. The maximum absolute atomic E-state index is 14.3. The second-order valence-corrected chi connectivity index (χ2v) is 21.5. The predicted molar refractivity (Wildman–Crippen MR) is 327 cm³/mol. The van der Waals surface area contributed by atoms with Crippen LogP contribution in [0.4, 0.5) is 11.4 Å². The second kappa shape index (κ2) is 27.5. The van der Waals surface area contributed by atoms with Gasteiger partial charge in [0.05, 0.1) is 45.2 Å². The number of aliphatic hydroxyl groups excluding tert-OH is 2. The number of aromatic amines is 2. The van der Waals surface area contributed by atoms with E-state index >= 15 is 0 Å². The number of aliphatic hydroxyl groups is 2. The summed E-state index contributed by atoms with van der Waals surface area (Å²) in [5, 5.41) is 27.9. The lowest BCUT2D eigenvalue weighted by molar-refractivity contribution is -0.132. The van der Waals surface area contributed by atoms with E-state index in [0.717, 1.165) is 70.2 Å². The van der Waals surface area contributed by atoms with E-state index in [9.17, 15) is 39.0 Å². The van der Waals surface area contributed by atoms with Gasteiger partial charge in [0.1, 0.15) is 35.5 Å². The van der Waals surface area contributed by atoms with Gasteiger partial charge in [0.15, 0.2) is 6.10 Å². The number of anilines is 2. The van der Waals surface area contributed by atoms with Crippen molar-refractivity contribution in [1.29, 1.82) is 0 Å². The summed E-state index contributed by atoms with van der Waals surface area (Å²) < 4.78 is 102. The first-order valence-corrected chi connectivity index (χ1v) is 28.5. The summed E-state index contributed by atoms with van der Waals surface area (Å²) in [6.45, 7) is 12.6. The number of para-hydroxylation sites is 2. The first kappa shape index (κ1) is 53.2. The van der Waals surface area contributed by atoms with Gasteiger partial charge in [-0.15, -0.1) is 0 Å². The van der Waals surface area contributed by atoms with Crippen LogP contribution in [-0.4, -0.2) is 92.5 Å². The average Bonchev–Trinajstić information content (AvgIpc) is 0.843. The lowest BCUT2D eigenvalue weighted by Gasteiger charge is -2.24. The molecule has 4 aromatic carbocycles. The number of aryl methyl sites for hydroxylation is 2. The molecule has 0 radical (unpaired) electrons. The zero-order valence-corrected chi connectivity index (χ0v) is 47.4. The number of carbonyl (C=O) groups is 2. The molecule has 2 aliphatic heterocycles. The Morgan fingerprint density at radius 1 is 0.614 bits per heavy atom. The van der Waals surface area contributed by atoms with Crippen molar-refractivity contribution >= 4 is 23.2 Å². The van der Waals surface area contributed by atoms with E-state index in [2.05, 4.69) is 20.6 Å². The lowest BCUT2D eigenvalue weighted by Crippen LogP contribution is -2.36. The zero-order chi connectivity index (χ0) is 70.2. The van der Waals surface area contributed by atoms with Gasteiger partial charge in [-0.25, -0.2) is 9.59 Å². The highest BCUT2D eigenvalue weighted by Crippen LogP contribution is 2.42. The number of H-pyrrole nitrogens is 2.